The number of fused-ring (bicyclic) bond motifs is 9. The molecule has 0 N–H and O–H groups in total. The normalized spacial score (nSPS) is 11.8. The van der Waals surface area contributed by atoms with E-state index in [9.17, 15) is 0 Å². The standard InChI is InChI=1S/C50H31NOS/c1-2-13-36(14-3-1)51(37-26-25-32-11-4-5-12-35(32)29-37)38-27-28-48-45(30-38)46-31-44(40-15-6-7-17-43(40)50(46)53-48)34-23-21-33(22-24-34)39-18-10-19-42-41-16-8-9-20-47(41)52-49(39)42/h1-31H. The van der Waals surface area contributed by atoms with Crippen LogP contribution in [0.4, 0.5) is 17.1 Å². The minimum atomic E-state index is 0.918. The van der Waals surface area contributed by atoms with Crippen LogP contribution in [0.5, 0.6) is 0 Å². The second-order valence-corrected chi connectivity index (χ2v) is 14.7. The molecule has 0 aliphatic rings. The Morgan fingerprint density at radius 1 is 0.377 bits per heavy atom. The van der Waals surface area contributed by atoms with E-state index in [1.165, 1.54) is 52.8 Å². The number of para-hydroxylation sites is 3. The first-order chi connectivity index (χ1) is 26.3. The molecule has 2 aromatic heterocycles. The molecule has 0 amide bonds. The summed E-state index contributed by atoms with van der Waals surface area (Å²) in [4.78, 5) is 2.37. The van der Waals surface area contributed by atoms with Gasteiger partial charge in [0.25, 0.3) is 0 Å². The van der Waals surface area contributed by atoms with E-state index in [-0.39, 0.29) is 0 Å². The van der Waals surface area contributed by atoms with Crippen molar-refractivity contribution in [3.63, 3.8) is 0 Å². The summed E-state index contributed by atoms with van der Waals surface area (Å²) in [5, 5.41) is 9.86. The monoisotopic (exact) mass is 693 g/mol. The Bertz CT molecular complexity index is 3170. The molecule has 0 aliphatic heterocycles. The topological polar surface area (TPSA) is 16.4 Å². The molecule has 0 spiro atoms. The first-order valence-corrected chi connectivity index (χ1v) is 18.8. The zero-order valence-electron chi connectivity index (χ0n) is 28.7. The van der Waals surface area contributed by atoms with Crippen LogP contribution in [0.3, 0.4) is 0 Å². The van der Waals surface area contributed by atoms with Gasteiger partial charge in [0.1, 0.15) is 11.2 Å². The molecule has 0 bridgehead atoms. The van der Waals surface area contributed by atoms with Gasteiger partial charge in [-0.3, -0.25) is 0 Å². The van der Waals surface area contributed by atoms with Crippen molar-refractivity contribution in [2.75, 3.05) is 4.90 Å². The van der Waals surface area contributed by atoms with Gasteiger partial charge in [-0.15, -0.1) is 11.3 Å². The lowest BCUT2D eigenvalue weighted by atomic mass is 9.94. The molecular formula is C50H31NOS. The molecule has 2 heterocycles. The third kappa shape index (κ3) is 4.86. The zero-order chi connectivity index (χ0) is 34.9. The van der Waals surface area contributed by atoms with Gasteiger partial charge >= 0.3 is 0 Å². The van der Waals surface area contributed by atoms with Crippen molar-refractivity contribution in [3.8, 4) is 22.3 Å². The lowest BCUT2D eigenvalue weighted by Crippen LogP contribution is -2.09. The fraction of sp³-hybridized carbons (Fsp3) is 0. The highest BCUT2D eigenvalue weighted by atomic mass is 32.1. The molecular weight excluding hydrogens is 663 g/mol. The predicted molar refractivity (Wildman–Crippen MR) is 227 cm³/mol. The van der Waals surface area contributed by atoms with Gasteiger partial charge in [0, 0.05) is 59.0 Å². The SMILES string of the molecule is c1ccc(N(c2ccc3ccccc3c2)c2ccc3sc4c5ccccc5c(-c5ccc(-c6cccc7c6oc6ccccc67)cc5)cc4c3c2)cc1. The van der Waals surface area contributed by atoms with Gasteiger partial charge in [-0.2, -0.15) is 0 Å². The zero-order valence-corrected chi connectivity index (χ0v) is 29.5. The van der Waals surface area contributed by atoms with Crippen LogP contribution in [0, 0.1) is 0 Å². The smallest absolute Gasteiger partial charge is 0.143 e. The minimum Gasteiger partial charge on any atom is -0.455 e. The van der Waals surface area contributed by atoms with E-state index in [1.54, 1.807) is 0 Å². The maximum absolute atomic E-state index is 6.39. The third-order valence-electron chi connectivity index (χ3n) is 10.6. The van der Waals surface area contributed by atoms with Crippen LogP contribution in [0.1, 0.15) is 0 Å². The van der Waals surface area contributed by atoms with Crippen molar-refractivity contribution < 1.29 is 4.42 Å². The predicted octanol–water partition coefficient (Wildman–Crippen LogP) is 15.1. The summed E-state index contributed by atoms with van der Waals surface area (Å²) in [5.41, 5.74) is 9.94. The first-order valence-electron chi connectivity index (χ1n) is 18.0. The van der Waals surface area contributed by atoms with Crippen molar-refractivity contribution in [2.24, 2.45) is 0 Å². The highest BCUT2D eigenvalue weighted by Gasteiger charge is 2.18. The third-order valence-corrected chi connectivity index (χ3v) is 11.9. The Kier molecular flexibility index (Phi) is 6.76. The van der Waals surface area contributed by atoms with E-state index in [4.69, 9.17) is 4.42 Å². The van der Waals surface area contributed by atoms with Crippen molar-refractivity contribution in [1.29, 1.82) is 0 Å². The molecule has 3 heteroatoms. The number of thiophene rings is 1. The van der Waals surface area contributed by atoms with Gasteiger partial charge in [0.15, 0.2) is 0 Å². The Morgan fingerprint density at radius 3 is 1.89 bits per heavy atom. The van der Waals surface area contributed by atoms with Crippen LogP contribution in [0.15, 0.2) is 192 Å². The van der Waals surface area contributed by atoms with Gasteiger partial charge in [-0.05, 0) is 87.4 Å². The molecule has 11 aromatic rings. The Balaban J connectivity index is 1.07. The summed E-state index contributed by atoms with van der Waals surface area (Å²) in [6, 6.07) is 68.0. The fourth-order valence-electron chi connectivity index (χ4n) is 8.11. The van der Waals surface area contributed by atoms with Gasteiger partial charge in [-0.25, -0.2) is 0 Å². The Hall–Kier alpha value is -6.68. The van der Waals surface area contributed by atoms with Gasteiger partial charge in [0.05, 0.1) is 0 Å². The van der Waals surface area contributed by atoms with Crippen LogP contribution in [0.25, 0.3) is 85.9 Å². The number of hydrogen-bond donors (Lipinski definition) is 0. The van der Waals surface area contributed by atoms with Crippen LogP contribution < -0.4 is 4.90 Å². The van der Waals surface area contributed by atoms with E-state index < -0.39 is 0 Å². The highest BCUT2D eigenvalue weighted by molar-refractivity contribution is 7.26. The molecule has 9 aromatic carbocycles. The Labute approximate surface area is 310 Å². The first kappa shape index (κ1) is 30.0. The number of benzene rings is 9. The second-order valence-electron chi connectivity index (χ2n) is 13.7. The number of hydrogen-bond acceptors (Lipinski definition) is 3. The maximum Gasteiger partial charge on any atom is 0.143 e. The number of nitrogens with zero attached hydrogens (tertiary/aromatic N) is 1. The van der Waals surface area contributed by atoms with E-state index >= 15 is 0 Å². The summed E-state index contributed by atoms with van der Waals surface area (Å²) in [7, 11) is 0. The quantitative estimate of drug-likeness (QED) is 0.178. The minimum absolute atomic E-state index is 0.918. The number of rotatable bonds is 5. The summed E-state index contributed by atoms with van der Waals surface area (Å²) >= 11 is 1.88. The molecule has 11 rings (SSSR count). The van der Waals surface area contributed by atoms with Crippen LogP contribution >= 0.6 is 11.3 Å². The molecule has 0 aliphatic carbocycles. The lowest BCUT2D eigenvalue weighted by Gasteiger charge is -2.26. The van der Waals surface area contributed by atoms with E-state index in [1.807, 2.05) is 23.5 Å². The van der Waals surface area contributed by atoms with Gasteiger partial charge < -0.3 is 9.32 Å². The van der Waals surface area contributed by atoms with E-state index in [2.05, 4.69) is 181 Å². The van der Waals surface area contributed by atoms with Crippen molar-refractivity contribution >= 4 is 92.1 Å². The highest BCUT2D eigenvalue weighted by Crippen LogP contribution is 2.46. The summed E-state index contributed by atoms with van der Waals surface area (Å²) < 4.78 is 9.00. The summed E-state index contributed by atoms with van der Waals surface area (Å²) in [6.45, 7) is 0. The van der Waals surface area contributed by atoms with E-state index in [0.29, 0.717) is 0 Å². The average molecular weight is 694 g/mol. The molecule has 2 nitrogen and oxygen atoms in total. The van der Waals surface area contributed by atoms with Crippen LogP contribution in [-0.4, -0.2) is 0 Å². The molecule has 0 radical (unpaired) electrons. The summed E-state index contributed by atoms with van der Waals surface area (Å²) in [6.07, 6.45) is 0. The molecule has 0 fully saturated rings. The summed E-state index contributed by atoms with van der Waals surface area (Å²) in [5.74, 6) is 0. The van der Waals surface area contributed by atoms with E-state index in [0.717, 1.165) is 50.1 Å². The number of furan rings is 1. The van der Waals surface area contributed by atoms with Crippen molar-refractivity contribution in [1.82, 2.24) is 0 Å². The van der Waals surface area contributed by atoms with Crippen LogP contribution in [0.2, 0.25) is 0 Å². The maximum atomic E-state index is 6.39. The number of anilines is 3. The molecule has 248 valence electrons. The second kappa shape index (κ2) is 11.9. The van der Waals surface area contributed by atoms with Gasteiger partial charge in [-0.1, -0.05) is 133 Å². The molecule has 0 saturated carbocycles. The molecule has 0 unspecified atom stereocenters. The van der Waals surface area contributed by atoms with Gasteiger partial charge in [0.2, 0.25) is 0 Å². The van der Waals surface area contributed by atoms with Crippen LogP contribution in [-0.2, 0) is 0 Å². The lowest BCUT2D eigenvalue weighted by molar-refractivity contribution is 0.670. The Morgan fingerprint density at radius 2 is 1.04 bits per heavy atom. The average Bonchev–Trinajstić information content (AvgIpc) is 3.80. The van der Waals surface area contributed by atoms with Crippen molar-refractivity contribution in [2.45, 2.75) is 0 Å². The van der Waals surface area contributed by atoms with Crippen molar-refractivity contribution in [3.05, 3.63) is 188 Å². The largest absolute Gasteiger partial charge is 0.455 e. The molecule has 0 saturated heterocycles. The fourth-order valence-corrected chi connectivity index (χ4v) is 9.31. The molecule has 0 atom stereocenters. The molecule has 53 heavy (non-hydrogen) atoms.